The van der Waals surface area contributed by atoms with Crippen LogP contribution in [-0.4, -0.2) is 53.0 Å². The first-order valence-electron chi connectivity index (χ1n) is 7.76. The minimum Gasteiger partial charge on any atom is -0.385 e. The molecule has 0 saturated heterocycles. The number of ether oxygens (including phenoxy) is 2. The van der Waals surface area contributed by atoms with Gasteiger partial charge in [0.05, 0.1) is 0 Å². The molecular formula is C15H32IN3O2. The van der Waals surface area contributed by atoms with E-state index in [2.05, 4.69) is 17.6 Å². The Morgan fingerprint density at radius 1 is 1.14 bits per heavy atom. The molecule has 1 aliphatic rings. The molecule has 21 heavy (non-hydrogen) atoms. The van der Waals surface area contributed by atoms with Crippen LogP contribution in [-0.2, 0) is 9.47 Å². The van der Waals surface area contributed by atoms with Crippen molar-refractivity contribution in [3.05, 3.63) is 0 Å². The molecule has 0 aromatic carbocycles. The van der Waals surface area contributed by atoms with Crippen LogP contribution in [0.3, 0.4) is 0 Å². The lowest BCUT2D eigenvalue weighted by atomic mass is 9.67. The number of rotatable bonds is 10. The highest BCUT2D eigenvalue weighted by Gasteiger charge is 2.36. The highest BCUT2D eigenvalue weighted by molar-refractivity contribution is 14.0. The quantitative estimate of drug-likeness (QED) is 0.250. The van der Waals surface area contributed by atoms with Crippen LogP contribution in [0.2, 0.25) is 0 Å². The highest BCUT2D eigenvalue weighted by atomic mass is 127. The van der Waals surface area contributed by atoms with Crippen molar-refractivity contribution in [2.24, 2.45) is 10.4 Å². The van der Waals surface area contributed by atoms with Crippen molar-refractivity contribution in [2.45, 2.75) is 39.0 Å². The zero-order valence-corrected chi connectivity index (χ0v) is 16.1. The van der Waals surface area contributed by atoms with Gasteiger partial charge in [0.1, 0.15) is 0 Å². The molecule has 0 amide bonds. The predicted octanol–water partition coefficient (Wildman–Crippen LogP) is 2.40. The SMILES string of the molecule is CCNC(=NCC1(CCOC)CCC1)NCCCOC.I. The zero-order chi connectivity index (χ0) is 14.7. The van der Waals surface area contributed by atoms with E-state index in [1.165, 1.54) is 19.3 Å². The molecule has 0 spiro atoms. The number of hydrogen-bond donors (Lipinski definition) is 2. The summed E-state index contributed by atoms with van der Waals surface area (Å²) in [5, 5.41) is 6.66. The lowest BCUT2D eigenvalue weighted by molar-refractivity contribution is 0.0778. The Kier molecular flexibility index (Phi) is 12.4. The average molecular weight is 413 g/mol. The summed E-state index contributed by atoms with van der Waals surface area (Å²) in [5.41, 5.74) is 0.380. The van der Waals surface area contributed by atoms with Crippen molar-refractivity contribution < 1.29 is 9.47 Å². The molecule has 0 unspecified atom stereocenters. The van der Waals surface area contributed by atoms with E-state index in [9.17, 15) is 0 Å². The Morgan fingerprint density at radius 2 is 1.86 bits per heavy atom. The molecule has 1 saturated carbocycles. The van der Waals surface area contributed by atoms with Gasteiger partial charge in [-0.2, -0.15) is 0 Å². The first-order valence-corrected chi connectivity index (χ1v) is 7.76. The van der Waals surface area contributed by atoms with Gasteiger partial charge in [-0.05, 0) is 38.0 Å². The molecule has 0 aliphatic heterocycles. The fourth-order valence-corrected chi connectivity index (χ4v) is 2.49. The summed E-state index contributed by atoms with van der Waals surface area (Å²) in [7, 11) is 3.51. The lowest BCUT2D eigenvalue weighted by Crippen LogP contribution is -2.40. The van der Waals surface area contributed by atoms with Gasteiger partial charge in [0.15, 0.2) is 5.96 Å². The molecule has 0 heterocycles. The number of guanidine groups is 1. The molecular weight excluding hydrogens is 381 g/mol. The molecule has 0 aromatic rings. The third-order valence-corrected chi connectivity index (χ3v) is 3.99. The van der Waals surface area contributed by atoms with Crippen LogP contribution in [0.25, 0.3) is 0 Å². The second-order valence-corrected chi connectivity index (χ2v) is 5.56. The maximum absolute atomic E-state index is 5.23. The summed E-state index contributed by atoms with van der Waals surface area (Å²) >= 11 is 0. The molecule has 0 bridgehead atoms. The fourth-order valence-electron chi connectivity index (χ4n) is 2.49. The fraction of sp³-hybridized carbons (Fsp3) is 0.933. The average Bonchev–Trinajstić information content (AvgIpc) is 2.41. The first-order chi connectivity index (χ1) is 9.76. The molecule has 1 aliphatic carbocycles. The van der Waals surface area contributed by atoms with E-state index in [1.54, 1.807) is 14.2 Å². The maximum Gasteiger partial charge on any atom is 0.191 e. The minimum atomic E-state index is 0. The van der Waals surface area contributed by atoms with E-state index in [4.69, 9.17) is 14.5 Å². The number of nitrogens with one attached hydrogen (secondary N) is 2. The van der Waals surface area contributed by atoms with Crippen LogP contribution in [0.4, 0.5) is 0 Å². The van der Waals surface area contributed by atoms with Crippen molar-refractivity contribution in [1.29, 1.82) is 0 Å². The predicted molar refractivity (Wildman–Crippen MR) is 98.7 cm³/mol. The van der Waals surface area contributed by atoms with Gasteiger partial charge in [0, 0.05) is 47.1 Å². The molecule has 0 aromatic heterocycles. The molecule has 2 N–H and O–H groups in total. The van der Waals surface area contributed by atoms with Gasteiger partial charge < -0.3 is 20.1 Å². The Balaban J connectivity index is 0.00000400. The lowest BCUT2D eigenvalue weighted by Gasteiger charge is -2.40. The van der Waals surface area contributed by atoms with Gasteiger partial charge in [0.25, 0.3) is 0 Å². The smallest absolute Gasteiger partial charge is 0.191 e. The topological polar surface area (TPSA) is 54.9 Å². The summed E-state index contributed by atoms with van der Waals surface area (Å²) in [6.07, 6.45) is 6.01. The largest absolute Gasteiger partial charge is 0.385 e. The van der Waals surface area contributed by atoms with Crippen molar-refractivity contribution in [3.8, 4) is 0 Å². The van der Waals surface area contributed by atoms with Gasteiger partial charge in [0.2, 0.25) is 0 Å². The Hall–Kier alpha value is -0.0800. The van der Waals surface area contributed by atoms with Crippen LogP contribution in [0.5, 0.6) is 0 Å². The molecule has 1 fully saturated rings. The van der Waals surface area contributed by atoms with Crippen LogP contribution in [0.1, 0.15) is 39.0 Å². The van der Waals surface area contributed by atoms with Crippen LogP contribution >= 0.6 is 24.0 Å². The van der Waals surface area contributed by atoms with Gasteiger partial charge in [-0.3, -0.25) is 4.99 Å². The van der Waals surface area contributed by atoms with Crippen LogP contribution in [0.15, 0.2) is 4.99 Å². The minimum absolute atomic E-state index is 0. The van der Waals surface area contributed by atoms with Crippen molar-refractivity contribution >= 4 is 29.9 Å². The summed E-state index contributed by atoms with van der Waals surface area (Å²) < 4.78 is 10.3. The zero-order valence-electron chi connectivity index (χ0n) is 13.7. The molecule has 0 radical (unpaired) electrons. The van der Waals surface area contributed by atoms with Crippen molar-refractivity contribution in [1.82, 2.24) is 10.6 Å². The standard InChI is InChI=1S/C15H31N3O2.HI/c1-4-16-14(17-10-6-11-19-2)18-13-15(7-5-8-15)9-12-20-3;/h4-13H2,1-3H3,(H2,16,17,18);1H. The molecule has 1 rings (SSSR count). The van der Waals surface area contributed by atoms with Gasteiger partial charge in [-0.1, -0.05) is 6.42 Å². The summed E-state index contributed by atoms with van der Waals surface area (Å²) in [5.74, 6) is 0.923. The third kappa shape index (κ3) is 8.21. The van der Waals surface area contributed by atoms with Crippen molar-refractivity contribution in [3.63, 3.8) is 0 Å². The maximum atomic E-state index is 5.23. The number of hydrogen-bond acceptors (Lipinski definition) is 3. The van der Waals surface area contributed by atoms with Gasteiger partial charge >= 0.3 is 0 Å². The Morgan fingerprint density at radius 3 is 2.38 bits per heavy atom. The summed E-state index contributed by atoms with van der Waals surface area (Å²) in [6, 6.07) is 0. The molecule has 6 heteroatoms. The number of aliphatic imine (C=N–C) groups is 1. The molecule has 126 valence electrons. The summed E-state index contributed by atoms with van der Waals surface area (Å²) in [4.78, 5) is 4.76. The van der Waals surface area contributed by atoms with E-state index in [-0.39, 0.29) is 24.0 Å². The summed E-state index contributed by atoms with van der Waals surface area (Å²) in [6.45, 7) is 6.40. The normalized spacial score (nSPS) is 16.8. The van der Waals surface area contributed by atoms with Gasteiger partial charge in [-0.25, -0.2) is 0 Å². The monoisotopic (exact) mass is 413 g/mol. The number of halogens is 1. The van der Waals surface area contributed by atoms with E-state index in [1.807, 2.05) is 0 Å². The van der Waals surface area contributed by atoms with E-state index >= 15 is 0 Å². The van der Waals surface area contributed by atoms with Gasteiger partial charge in [-0.15, -0.1) is 24.0 Å². The van der Waals surface area contributed by atoms with E-state index < -0.39 is 0 Å². The van der Waals surface area contributed by atoms with E-state index in [0.29, 0.717) is 5.41 Å². The van der Waals surface area contributed by atoms with Crippen LogP contribution in [0, 0.1) is 5.41 Å². The molecule has 0 atom stereocenters. The second-order valence-electron chi connectivity index (χ2n) is 5.56. The Bertz CT molecular complexity index is 284. The molecule has 5 nitrogen and oxygen atoms in total. The second kappa shape index (κ2) is 12.5. The highest BCUT2D eigenvalue weighted by Crippen LogP contribution is 2.44. The number of methoxy groups -OCH3 is 2. The van der Waals surface area contributed by atoms with E-state index in [0.717, 1.165) is 51.6 Å². The number of nitrogens with zero attached hydrogens (tertiary/aromatic N) is 1. The Labute approximate surface area is 146 Å². The first kappa shape index (κ1) is 20.9. The van der Waals surface area contributed by atoms with Crippen LogP contribution < -0.4 is 10.6 Å². The third-order valence-electron chi connectivity index (χ3n) is 3.99. The van der Waals surface area contributed by atoms with Crippen molar-refractivity contribution in [2.75, 3.05) is 47.1 Å².